The van der Waals surface area contributed by atoms with E-state index in [1.807, 2.05) is 19.1 Å². The number of nitrogens with zero attached hydrogens (tertiary/aromatic N) is 2. The van der Waals surface area contributed by atoms with Crippen molar-refractivity contribution in [3.8, 4) is 0 Å². The quantitative estimate of drug-likeness (QED) is 0.433. The summed E-state index contributed by atoms with van der Waals surface area (Å²) in [4.78, 5) is 44.1. The van der Waals surface area contributed by atoms with Gasteiger partial charge in [-0.1, -0.05) is 55.5 Å². The monoisotopic (exact) mass is 446 g/mol. The Labute approximate surface area is 192 Å². The number of hydrogen-bond donors (Lipinski definition) is 1. The summed E-state index contributed by atoms with van der Waals surface area (Å²) in [6, 6.07) is 15.8. The number of ketones is 1. The average Bonchev–Trinajstić information content (AvgIpc) is 3.50. The van der Waals surface area contributed by atoms with Crippen LogP contribution in [-0.2, 0) is 24.7 Å². The number of benzene rings is 2. The summed E-state index contributed by atoms with van der Waals surface area (Å²) in [5.41, 5.74) is -0.314. The zero-order valence-electron chi connectivity index (χ0n) is 18.5. The lowest BCUT2D eigenvalue weighted by Gasteiger charge is -2.35. The molecule has 33 heavy (non-hydrogen) atoms. The Balaban J connectivity index is 1.79. The lowest BCUT2D eigenvalue weighted by Crippen LogP contribution is -2.53. The number of fused-ring (bicyclic) bond motifs is 2. The number of carbonyl (C=O) groups is 3. The number of amides is 2. The van der Waals surface area contributed by atoms with E-state index < -0.39 is 17.2 Å². The Morgan fingerprint density at radius 1 is 1.09 bits per heavy atom. The molecule has 2 amide bonds. The molecule has 0 bridgehead atoms. The van der Waals surface area contributed by atoms with Crippen molar-refractivity contribution in [2.24, 2.45) is 0 Å². The van der Waals surface area contributed by atoms with Gasteiger partial charge in [-0.2, -0.15) is 0 Å². The first kappa shape index (κ1) is 21.4. The van der Waals surface area contributed by atoms with Gasteiger partial charge in [-0.05, 0) is 25.3 Å². The molecule has 3 heterocycles. The highest BCUT2D eigenvalue weighted by molar-refractivity contribution is 6.50. The molecule has 0 radical (unpaired) electrons. The summed E-state index contributed by atoms with van der Waals surface area (Å²) in [6.45, 7) is 3.09. The van der Waals surface area contributed by atoms with Crippen molar-refractivity contribution in [3.05, 3.63) is 71.3 Å². The van der Waals surface area contributed by atoms with Crippen LogP contribution in [0, 0.1) is 0 Å². The second-order valence-electron chi connectivity index (χ2n) is 8.65. The Morgan fingerprint density at radius 3 is 2.52 bits per heavy atom. The highest BCUT2D eigenvalue weighted by atomic mass is 16.5. The fourth-order valence-electron chi connectivity index (χ4n) is 5.30. The van der Waals surface area contributed by atoms with Crippen molar-refractivity contribution in [1.82, 2.24) is 4.90 Å². The molecule has 7 nitrogen and oxygen atoms in total. The van der Waals surface area contributed by atoms with E-state index in [1.54, 1.807) is 47.4 Å². The van der Waals surface area contributed by atoms with Gasteiger partial charge in [0.2, 0.25) is 0 Å². The molecule has 0 aromatic heterocycles. The summed E-state index contributed by atoms with van der Waals surface area (Å²) in [6.07, 6.45) is 2.04. The number of carbonyl (C=O) groups excluding carboxylic acids is 3. The predicted molar refractivity (Wildman–Crippen MR) is 122 cm³/mol. The van der Waals surface area contributed by atoms with Crippen LogP contribution in [0.15, 0.2) is 60.2 Å². The fraction of sp³-hybridized carbons (Fsp3) is 0.346. The number of ether oxygens (including phenoxy) is 1. The fourth-order valence-corrected chi connectivity index (χ4v) is 5.30. The van der Waals surface area contributed by atoms with Crippen LogP contribution in [-0.4, -0.2) is 53.4 Å². The number of anilines is 1. The minimum atomic E-state index is -1.72. The van der Waals surface area contributed by atoms with Gasteiger partial charge in [0.25, 0.3) is 17.6 Å². The van der Waals surface area contributed by atoms with Gasteiger partial charge < -0.3 is 19.6 Å². The molecule has 2 aromatic carbocycles. The first-order chi connectivity index (χ1) is 16.0. The van der Waals surface area contributed by atoms with Crippen LogP contribution in [0.4, 0.5) is 5.69 Å². The maximum absolute atomic E-state index is 14.2. The maximum atomic E-state index is 14.2. The van der Waals surface area contributed by atoms with Crippen LogP contribution >= 0.6 is 0 Å². The summed E-state index contributed by atoms with van der Waals surface area (Å²) >= 11 is 0. The Morgan fingerprint density at radius 2 is 1.82 bits per heavy atom. The molecule has 1 N–H and O–H groups in total. The average molecular weight is 447 g/mol. The second kappa shape index (κ2) is 8.15. The number of aliphatic hydroxyl groups is 1. The highest BCUT2D eigenvalue weighted by Gasteiger charge is 2.67. The van der Waals surface area contributed by atoms with Crippen molar-refractivity contribution < 1.29 is 24.2 Å². The summed E-state index contributed by atoms with van der Waals surface area (Å²) in [7, 11) is 0. The zero-order valence-corrected chi connectivity index (χ0v) is 18.5. The van der Waals surface area contributed by atoms with E-state index in [2.05, 4.69) is 0 Å². The predicted octanol–water partition coefficient (Wildman–Crippen LogP) is 3.20. The lowest BCUT2D eigenvalue weighted by atomic mass is 9.81. The van der Waals surface area contributed by atoms with E-state index in [0.717, 1.165) is 12.8 Å². The van der Waals surface area contributed by atoms with Crippen LogP contribution in [0.1, 0.15) is 37.3 Å². The van der Waals surface area contributed by atoms with Crippen molar-refractivity contribution in [2.75, 3.05) is 24.6 Å². The molecule has 0 saturated carbocycles. The Hall–Kier alpha value is -3.45. The third-order valence-corrected chi connectivity index (χ3v) is 6.71. The molecule has 0 unspecified atom stereocenters. The van der Waals surface area contributed by atoms with Gasteiger partial charge in [0.1, 0.15) is 5.76 Å². The van der Waals surface area contributed by atoms with Crippen molar-refractivity contribution in [2.45, 2.75) is 37.8 Å². The standard InChI is InChI=1S/C26H26N2O5/c1-2-14-27-20-13-7-6-12-19(20)26(25(27)32)21(22(29)17-9-4-3-5-10-17)23(30)24(31)28(26)16-18-11-8-15-33-18/h3-7,9-10,12-13,18,29H,2,8,11,14-16H2,1H3/t18-,26-/m1/s1. The molecule has 2 saturated heterocycles. The number of hydrogen-bond acceptors (Lipinski definition) is 5. The van der Waals surface area contributed by atoms with Gasteiger partial charge in [-0.25, -0.2) is 0 Å². The summed E-state index contributed by atoms with van der Waals surface area (Å²) in [5.74, 6) is -2.37. The number of aliphatic hydroxyl groups excluding tert-OH is 1. The largest absolute Gasteiger partial charge is 0.507 e. The molecule has 7 heteroatoms. The van der Waals surface area contributed by atoms with Gasteiger partial charge in [0.15, 0.2) is 5.54 Å². The zero-order chi connectivity index (χ0) is 23.2. The van der Waals surface area contributed by atoms with Crippen LogP contribution < -0.4 is 4.90 Å². The molecule has 170 valence electrons. The molecule has 3 aliphatic heterocycles. The van der Waals surface area contributed by atoms with Gasteiger partial charge in [0.05, 0.1) is 17.4 Å². The van der Waals surface area contributed by atoms with Gasteiger partial charge >= 0.3 is 0 Å². The molecular formula is C26H26N2O5. The SMILES string of the molecule is CCCN1C(=O)[C@]2(C(=C(O)c3ccccc3)C(=O)C(=O)N2C[C@H]2CCCO2)c2ccccc21. The molecule has 2 fully saturated rings. The third kappa shape index (κ3) is 3.03. The molecular weight excluding hydrogens is 420 g/mol. The van der Waals surface area contributed by atoms with Crippen LogP contribution in [0.5, 0.6) is 0 Å². The lowest BCUT2D eigenvalue weighted by molar-refractivity contribution is -0.145. The number of para-hydroxylation sites is 1. The van der Waals surface area contributed by atoms with Gasteiger partial charge in [-0.3, -0.25) is 14.4 Å². The van der Waals surface area contributed by atoms with Gasteiger partial charge in [0, 0.05) is 30.8 Å². The van der Waals surface area contributed by atoms with E-state index in [-0.39, 0.29) is 29.9 Å². The molecule has 1 spiro atoms. The highest BCUT2D eigenvalue weighted by Crippen LogP contribution is 2.53. The van der Waals surface area contributed by atoms with Crippen LogP contribution in [0.3, 0.4) is 0 Å². The van der Waals surface area contributed by atoms with E-state index in [4.69, 9.17) is 4.74 Å². The minimum Gasteiger partial charge on any atom is -0.507 e. The van der Waals surface area contributed by atoms with Crippen molar-refractivity contribution in [1.29, 1.82) is 0 Å². The van der Waals surface area contributed by atoms with E-state index in [1.165, 1.54) is 4.90 Å². The van der Waals surface area contributed by atoms with Crippen molar-refractivity contribution in [3.63, 3.8) is 0 Å². The normalized spacial score (nSPS) is 26.0. The van der Waals surface area contributed by atoms with E-state index >= 15 is 0 Å². The Bertz CT molecular complexity index is 1150. The molecule has 0 aliphatic carbocycles. The van der Waals surface area contributed by atoms with E-state index in [0.29, 0.717) is 36.4 Å². The number of likely N-dealkylation sites (tertiary alicyclic amines) is 1. The number of rotatable bonds is 5. The summed E-state index contributed by atoms with van der Waals surface area (Å²) < 4.78 is 5.77. The first-order valence-corrected chi connectivity index (χ1v) is 11.4. The summed E-state index contributed by atoms with van der Waals surface area (Å²) in [5, 5.41) is 11.4. The maximum Gasteiger partial charge on any atom is 0.296 e. The molecule has 5 rings (SSSR count). The minimum absolute atomic E-state index is 0.107. The second-order valence-corrected chi connectivity index (χ2v) is 8.65. The third-order valence-electron chi connectivity index (χ3n) is 6.71. The molecule has 2 atom stereocenters. The van der Waals surface area contributed by atoms with Gasteiger partial charge in [-0.15, -0.1) is 0 Å². The Kier molecular flexibility index (Phi) is 5.29. The topological polar surface area (TPSA) is 87.2 Å². The van der Waals surface area contributed by atoms with Crippen molar-refractivity contribution >= 4 is 29.0 Å². The number of Topliss-reactive ketones (excluding diaryl/α,β-unsaturated/α-hetero) is 1. The molecule has 2 aromatic rings. The van der Waals surface area contributed by atoms with Crippen LogP contribution in [0.2, 0.25) is 0 Å². The first-order valence-electron chi connectivity index (χ1n) is 11.4. The molecule has 3 aliphatic rings. The smallest absolute Gasteiger partial charge is 0.296 e. The van der Waals surface area contributed by atoms with Crippen LogP contribution in [0.25, 0.3) is 5.76 Å². The van der Waals surface area contributed by atoms with E-state index in [9.17, 15) is 19.5 Å².